The summed E-state index contributed by atoms with van der Waals surface area (Å²) in [6.07, 6.45) is 1.13. The van der Waals surface area contributed by atoms with Crippen molar-refractivity contribution >= 4 is 45.0 Å². The third kappa shape index (κ3) is 3.91. The smallest absolute Gasteiger partial charge is 0.336 e. The van der Waals surface area contributed by atoms with Crippen molar-refractivity contribution in [2.75, 3.05) is 13.1 Å². The number of nitrogens with zero attached hydrogens (tertiary/aromatic N) is 1. The molecule has 0 atom stereocenters. The molecule has 1 saturated heterocycles. The lowest BCUT2D eigenvalue weighted by Crippen LogP contribution is -2.40. The van der Waals surface area contributed by atoms with Crippen molar-refractivity contribution in [2.24, 2.45) is 5.92 Å². The van der Waals surface area contributed by atoms with Crippen LogP contribution in [0.4, 0.5) is 0 Å². The summed E-state index contributed by atoms with van der Waals surface area (Å²) in [6, 6.07) is 16.6. The zero-order chi connectivity index (χ0) is 22.1. The lowest BCUT2D eigenvalue weighted by molar-refractivity contribution is -0.151. The highest BCUT2D eigenvalue weighted by Crippen LogP contribution is 2.28. The van der Waals surface area contributed by atoms with Gasteiger partial charge in [0.15, 0.2) is 0 Å². The minimum absolute atomic E-state index is 0.00326. The van der Waals surface area contributed by atoms with E-state index in [1.807, 2.05) is 47.8 Å². The number of benzene rings is 2. The molecule has 0 spiro atoms. The molecule has 1 aliphatic rings. The van der Waals surface area contributed by atoms with E-state index < -0.39 is 5.63 Å². The molecule has 0 bridgehead atoms. The highest BCUT2D eigenvalue weighted by atomic mass is 32.1. The van der Waals surface area contributed by atoms with Crippen LogP contribution in [-0.2, 0) is 16.1 Å². The molecule has 1 aliphatic heterocycles. The average Bonchev–Trinajstić information content (AvgIpc) is 3.36. The number of thiophene rings is 1. The largest absolute Gasteiger partial charge is 0.461 e. The fraction of sp³-hybridized carbons (Fsp3) is 0.240. The fourth-order valence-electron chi connectivity index (χ4n) is 4.28. The topological polar surface area (TPSA) is 76.8 Å². The van der Waals surface area contributed by atoms with Gasteiger partial charge in [-0.3, -0.25) is 9.59 Å². The molecule has 2 aromatic heterocycles. The van der Waals surface area contributed by atoms with Crippen LogP contribution in [0.3, 0.4) is 0 Å². The lowest BCUT2D eigenvalue weighted by Gasteiger charge is -2.30. The molecule has 3 heterocycles. The van der Waals surface area contributed by atoms with Gasteiger partial charge >= 0.3 is 11.6 Å². The van der Waals surface area contributed by atoms with Crippen LogP contribution in [0.1, 0.15) is 28.1 Å². The van der Waals surface area contributed by atoms with Crippen molar-refractivity contribution in [3.8, 4) is 0 Å². The highest BCUT2D eigenvalue weighted by Gasteiger charge is 2.29. The molecule has 7 heteroatoms. The molecule has 0 unspecified atom stereocenters. The summed E-state index contributed by atoms with van der Waals surface area (Å²) in [5.41, 5.74) is 0.633. The zero-order valence-corrected chi connectivity index (χ0v) is 18.1. The van der Waals surface area contributed by atoms with E-state index in [9.17, 15) is 14.4 Å². The van der Waals surface area contributed by atoms with Crippen molar-refractivity contribution in [3.63, 3.8) is 0 Å². The monoisotopic (exact) mass is 447 g/mol. The fourth-order valence-corrected chi connectivity index (χ4v) is 4.97. The molecule has 1 amide bonds. The first-order chi connectivity index (χ1) is 15.6. The van der Waals surface area contributed by atoms with E-state index in [0.29, 0.717) is 42.0 Å². The summed E-state index contributed by atoms with van der Waals surface area (Å²) in [5, 5.41) is 4.63. The molecule has 0 aliphatic carbocycles. The maximum absolute atomic E-state index is 12.7. The number of likely N-dealkylation sites (tertiary alicyclic amines) is 1. The molecular formula is C25H21NO5S. The predicted octanol–water partition coefficient (Wildman–Crippen LogP) is 4.60. The number of hydrogen-bond acceptors (Lipinski definition) is 6. The van der Waals surface area contributed by atoms with E-state index in [4.69, 9.17) is 9.15 Å². The summed E-state index contributed by atoms with van der Waals surface area (Å²) in [4.78, 5) is 39.8. The Bertz CT molecular complexity index is 1350. The van der Waals surface area contributed by atoms with Gasteiger partial charge in [0.2, 0.25) is 0 Å². The van der Waals surface area contributed by atoms with E-state index in [1.54, 1.807) is 11.0 Å². The summed E-state index contributed by atoms with van der Waals surface area (Å²) in [5.74, 6) is -0.540. The minimum Gasteiger partial charge on any atom is -0.461 e. The Morgan fingerprint density at radius 2 is 1.88 bits per heavy atom. The molecule has 0 saturated carbocycles. The van der Waals surface area contributed by atoms with Gasteiger partial charge in [-0.2, -0.15) is 0 Å². The molecule has 0 radical (unpaired) electrons. The Morgan fingerprint density at radius 1 is 1.06 bits per heavy atom. The first-order valence-corrected chi connectivity index (χ1v) is 11.4. The number of piperidine rings is 1. The molecule has 162 valence electrons. The van der Waals surface area contributed by atoms with Crippen molar-refractivity contribution in [3.05, 3.63) is 80.8 Å². The summed E-state index contributed by atoms with van der Waals surface area (Å²) >= 11 is 1.42. The van der Waals surface area contributed by atoms with Crippen molar-refractivity contribution in [1.82, 2.24) is 4.90 Å². The third-order valence-electron chi connectivity index (χ3n) is 5.93. The van der Waals surface area contributed by atoms with Gasteiger partial charge in [-0.05, 0) is 41.1 Å². The Hall–Kier alpha value is -3.45. The molecule has 0 N–H and O–H groups in total. The van der Waals surface area contributed by atoms with Crippen LogP contribution in [0.5, 0.6) is 0 Å². The molecule has 6 nitrogen and oxygen atoms in total. The maximum Gasteiger partial charge on any atom is 0.336 e. The third-order valence-corrected chi connectivity index (χ3v) is 6.79. The minimum atomic E-state index is -0.473. The van der Waals surface area contributed by atoms with E-state index in [-0.39, 0.29) is 24.4 Å². The molecule has 5 rings (SSSR count). The van der Waals surface area contributed by atoms with E-state index >= 15 is 0 Å². The zero-order valence-electron chi connectivity index (χ0n) is 17.3. The SMILES string of the molecule is O=C(OCc1cc(=O)oc2ccc3ccccc3c12)C1CCN(C(=O)c2cccs2)CC1. The number of amides is 1. The Kier molecular flexibility index (Phi) is 5.49. The number of ether oxygens (including phenoxy) is 1. The van der Waals surface area contributed by atoms with E-state index in [1.165, 1.54) is 17.4 Å². The number of carbonyl (C=O) groups is 2. The summed E-state index contributed by atoms with van der Waals surface area (Å²) < 4.78 is 11.0. The molecule has 1 fully saturated rings. The van der Waals surface area contributed by atoms with Gasteiger partial charge in [-0.1, -0.05) is 36.4 Å². The molecule has 4 aromatic rings. The van der Waals surface area contributed by atoms with Crippen molar-refractivity contribution in [2.45, 2.75) is 19.4 Å². The van der Waals surface area contributed by atoms with Crippen molar-refractivity contribution < 1.29 is 18.7 Å². The van der Waals surface area contributed by atoms with Crippen LogP contribution in [0.2, 0.25) is 0 Å². The van der Waals surface area contributed by atoms with Gasteiger partial charge in [0.05, 0.1) is 10.8 Å². The molecular weight excluding hydrogens is 426 g/mol. The van der Waals surface area contributed by atoms with Gasteiger partial charge in [0.1, 0.15) is 12.2 Å². The standard InChI is InChI=1S/C25H21NO5S/c27-22-14-18(23-19-5-2-1-4-16(19)7-8-20(23)31-22)15-30-25(29)17-9-11-26(12-10-17)24(28)21-6-3-13-32-21/h1-8,13-14,17H,9-12,15H2. The highest BCUT2D eigenvalue weighted by molar-refractivity contribution is 7.12. The van der Waals surface area contributed by atoms with Crippen LogP contribution in [-0.4, -0.2) is 29.9 Å². The summed E-state index contributed by atoms with van der Waals surface area (Å²) in [6.45, 7) is 1.06. The van der Waals surface area contributed by atoms with E-state index in [0.717, 1.165) is 16.2 Å². The quantitative estimate of drug-likeness (QED) is 0.260. The van der Waals surface area contributed by atoms with Crippen molar-refractivity contribution in [1.29, 1.82) is 0 Å². The van der Waals surface area contributed by atoms with Gasteiger partial charge in [-0.25, -0.2) is 4.79 Å². The average molecular weight is 448 g/mol. The second-order valence-electron chi connectivity index (χ2n) is 7.90. The first-order valence-electron chi connectivity index (χ1n) is 10.5. The Balaban J connectivity index is 1.29. The van der Waals surface area contributed by atoms with E-state index in [2.05, 4.69) is 0 Å². The molecule has 2 aromatic carbocycles. The van der Waals surface area contributed by atoms with Gasteiger partial charge in [0, 0.05) is 30.1 Å². The predicted molar refractivity (Wildman–Crippen MR) is 123 cm³/mol. The van der Waals surface area contributed by atoms with Crippen LogP contribution >= 0.6 is 11.3 Å². The normalized spacial score (nSPS) is 14.7. The van der Waals surface area contributed by atoms with Crippen LogP contribution in [0, 0.1) is 5.92 Å². The molecule has 32 heavy (non-hydrogen) atoms. The lowest BCUT2D eigenvalue weighted by atomic mass is 9.97. The number of carbonyl (C=O) groups excluding carboxylic acids is 2. The number of esters is 1. The van der Waals surface area contributed by atoms with Crippen LogP contribution in [0.15, 0.2) is 69.2 Å². The maximum atomic E-state index is 12.7. The number of rotatable bonds is 4. The Morgan fingerprint density at radius 3 is 2.66 bits per heavy atom. The summed E-state index contributed by atoms with van der Waals surface area (Å²) in [7, 11) is 0. The number of fused-ring (bicyclic) bond motifs is 3. The van der Waals surface area contributed by atoms with Gasteiger partial charge < -0.3 is 14.1 Å². The first kappa shape index (κ1) is 20.5. The van der Waals surface area contributed by atoms with Gasteiger partial charge in [0.25, 0.3) is 5.91 Å². The second-order valence-corrected chi connectivity index (χ2v) is 8.85. The second kappa shape index (κ2) is 8.59. The van der Waals surface area contributed by atoms with Crippen LogP contribution in [0.25, 0.3) is 21.7 Å². The number of hydrogen-bond donors (Lipinski definition) is 0. The Labute approximate surface area is 188 Å². The van der Waals surface area contributed by atoms with Crippen LogP contribution < -0.4 is 5.63 Å². The van der Waals surface area contributed by atoms with Gasteiger partial charge in [-0.15, -0.1) is 11.3 Å².